The molecule has 0 amide bonds. The third-order valence-electron chi connectivity index (χ3n) is 12.9. The van der Waals surface area contributed by atoms with Crippen molar-refractivity contribution < 1.29 is 0 Å². The predicted molar refractivity (Wildman–Crippen MR) is 230 cm³/mol. The van der Waals surface area contributed by atoms with Crippen molar-refractivity contribution in [3.8, 4) is 27.9 Å². The molecule has 1 aliphatic heterocycles. The highest BCUT2D eigenvalue weighted by atomic mass is 15.2. The number of hydrogen-bond donors (Lipinski definition) is 0. The van der Waals surface area contributed by atoms with Gasteiger partial charge in [-0.15, -0.1) is 0 Å². The smallest absolute Gasteiger partial charge is 0.0630 e. The Balaban J connectivity index is 1.12. The van der Waals surface area contributed by atoms with Crippen LogP contribution in [0.4, 0.5) is 11.4 Å². The van der Waals surface area contributed by atoms with Gasteiger partial charge in [0.25, 0.3) is 0 Å². The summed E-state index contributed by atoms with van der Waals surface area (Å²) in [5.41, 5.74) is 24.0. The summed E-state index contributed by atoms with van der Waals surface area (Å²) in [6.07, 6.45) is 15.4. The maximum Gasteiger partial charge on any atom is 0.0630 e. The Morgan fingerprint density at radius 2 is 1.27 bits per heavy atom. The van der Waals surface area contributed by atoms with E-state index in [1.54, 1.807) is 0 Å². The van der Waals surface area contributed by atoms with Crippen molar-refractivity contribution in [2.45, 2.75) is 51.5 Å². The Morgan fingerprint density at radius 1 is 0.589 bits per heavy atom. The van der Waals surface area contributed by atoms with Crippen LogP contribution in [-0.4, -0.2) is 20.6 Å². The van der Waals surface area contributed by atoms with Gasteiger partial charge in [-0.05, 0) is 143 Å². The van der Waals surface area contributed by atoms with E-state index in [1.165, 1.54) is 100 Å². The minimum atomic E-state index is 0.207. The zero-order valence-corrected chi connectivity index (χ0v) is 31.6. The summed E-state index contributed by atoms with van der Waals surface area (Å²) in [6.45, 7) is 4.21. The Labute approximate surface area is 327 Å². The van der Waals surface area contributed by atoms with E-state index in [-0.39, 0.29) is 12.0 Å². The summed E-state index contributed by atoms with van der Waals surface area (Å²) in [5.74, 6) is 0.266. The first-order valence-electron chi connectivity index (χ1n) is 20.1. The Morgan fingerprint density at radius 3 is 2.04 bits per heavy atom. The number of aromatic nitrogens is 3. The Hall–Kier alpha value is -6.52. The largest absolute Gasteiger partial charge is 0.333 e. The molecule has 0 bridgehead atoms. The number of pyridine rings is 2. The quantitative estimate of drug-likeness (QED) is 0.182. The van der Waals surface area contributed by atoms with Gasteiger partial charge in [-0.25, -0.2) is 0 Å². The van der Waals surface area contributed by atoms with E-state index < -0.39 is 0 Å². The number of anilines is 2. The average molecular weight is 721 g/mol. The fourth-order valence-corrected chi connectivity index (χ4v) is 10.6. The normalized spacial score (nSPS) is 17.5. The van der Waals surface area contributed by atoms with Gasteiger partial charge in [0, 0.05) is 57.5 Å². The monoisotopic (exact) mass is 720 g/mol. The summed E-state index contributed by atoms with van der Waals surface area (Å²) in [5, 5.41) is 2.68. The first-order valence-corrected chi connectivity index (χ1v) is 20.1. The molecule has 268 valence electrons. The van der Waals surface area contributed by atoms with E-state index in [1.807, 2.05) is 12.4 Å². The molecule has 0 saturated carbocycles. The number of allylic oxidation sites excluding steroid dienone is 2. The maximum atomic E-state index is 4.62. The lowest BCUT2D eigenvalue weighted by molar-refractivity contribution is 0.745. The molecule has 2 atom stereocenters. The molecule has 8 aromatic rings. The van der Waals surface area contributed by atoms with E-state index in [9.17, 15) is 0 Å². The second-order valence-electron chi connectivity index (χ2n) is 16.1. The molecule has 5 aromatic carbocycles. The summed E-state index contributed by atoms with van der Waals surface area (Å²) in [7, 11) is 0. The van der Waals surface area contributed by atoms with Crippen LogP contribution < -0.4 is 4.90 Å². The fourth-order valence-electron chi connectivity index (χ4n) is 10.6. The van der Waals surface area contributed by atoms with Gasteiger partial charge in [-0.1, -0.05) is 91.0 Å². The second-order valence-corrected chi connectivity index (χ2v) is 16.1. The molecule has 0 radical (unpaired) electrons. The van der Waals surface area contributed by atoms with Crippen LogP contribution in [-0.2, 0) is 25.7 Å². The molecular weight excluding hydrogens is 681 g/mol. The Bertz CT molecular complexity index is 3000. The average Bonchev–Trinajstić information content (AvgIpc) is 3.75. The van der Waals surface area contributed by atoms with E-state index in [4.69, 9.17) is 0 Å². The van der Waals surface area contributed by atoms with Crippen molar-refractivity contribution in [2.75, 3.05) is 4.90 Å². The van der Waals surface area contributed by atoms with Gasteiger partial charge in [-0.3, -0.25) is 9.97 Å². The second kappa shape index (κ2) is 12.0. The van der Waals surface area contributed by atoms with Crippen molar-refractivity contribution in [3.63, 3.8) is 0 Å². The fraction of sp³-hybridized carbons (Fsp3) is 0.154. The lowest BCUT2D eigenvalue weighted by Gasteiger charge is -2.35. The van der Waals surface area contributed by atoms with Crippen molar-refractivity contribution in [1.29, 1.82) is 0 Å². The molecule has 0 N–H and O–H groups in total. The number of nitrogens with zero attached hydrogens (tertiary/aromatic N) is 4. The molecule has 0 fully saturated rings. The Kier molecular flexibility index (Phi) is 6.81. The number of benzene rings is 5. The van der Waals surface area contributed by atoms with E-state index >= 15 is 0 Å². The highest BCUT2D eigenvalue weighted by Crippen LogP contribution is 2.57. The zero-order chi connectivity index (χ0) is 37.1. The van der Waals surface area contributed by atoms with E-state index in [2.05, 4.69) is 167 Å². The zero-order valence-electron chi connectivity index (χ0n) is 31.6. The molecule has 4 nitrogen and oxygen atoms in total. The van der Waals surface area contributed by atoms with Gasteiger partial charge in [0.05, 0.1) is 17.1 Å². The summed E-state index contributed by atoms with van der Waals surface area (Å²) >= 11 is 0. The molecule has 0 saturated heterocycles. The third-order valence-corrected chi connectivity index (χ3v) is 12.9. The molecule has 2 unspecified atom stereocenters. The minimum absolute atomic E-state index is 0.207. The van der Waals surface area contributed by atoms with Crippen LogP contribution in [0, 0.1) is 13.8 Å². The number of hydrogen-bond acceptors (Lipinski definition) is 3. The number of rotatable bonds is 4. The molecule has 3 aromatic heterocycles. The SMILES string of the molecule is Cc1cc(N2c3c(cc4c5c3CCc3cc6c7cc(-c8ccccc8)ccc7n(-c7ccnc(C)c7)c6c(c3-5)CC4)C3C=C(c4ccccc4)C=CC32)ccn1. The lowest BCUT2D eigenvalue weighted by atomic mass is 9.72. The van der Waals surface area contributed by atoms with Crippen molar-refractivity contribution >= 4 is 38.8 Å². The molecule has 4 heteroatoms. The van der Waals surface area contributed by atoms with Crippen LogP contribution in [0.1, 0.15) is 50.7 Å². The standard InChI is InChI=1S/C52H40N4/c1-31-25-39(21-23-53-31)55-47-19-15-35(33-9-5-3-6-10-33)27-43(47)45-29-37-14-18-42-50-38(13-17-41(49(37)50)51(45)55)30-46-44-28-36(34-11-7-4-8-12-34)16-20-48(44)56(52(42)46)40-22-24-54-32(2)26-40/h3-12,15-16,19-30,43,47H,13-14,17-18H2,1-2H3. The van der Waals surface area contributed by atoms with Crippen molar-refractivity contribution in [2.24, 2.45) is 0 Å². The van der Waals surface area contributed by atoms with Crippen LogP contribution in [0.5, 0.6) is 0 Å². The molecule has 0 spiro atoms. The van der Waals surface area contributed by atoms with Gasteiger partial charge in [0.1, 0.15) is 0 Å². The van der Waals surface area contributed by atoms with Crippen LogP contribution in [0.15, 0.2) is 146 Å². The summed E-state index contributed by atoms with van der Waals surface area (Å²) < 4.78 is 2.54. The van der Waals surface area contributed by atoms with Crippen LogP contribution >= 0.6 is 0 Å². The lowest BCUT2D eigenvalue weighted by Crippen LogP contribution is -2.29. The van der Waals surface area contributed by atoms with E-state index in [0.717, 1.165) is 37.1 Å². The minimum Gasteiger partial charge on any atom is -0.333 e. The highest BCUT2D eigenvalue weighted by molar-refractivity contribution is 6.14. The van der Waals surface area contributed by atoms with Crippen LogP contribution in [0.3, 0.4) is 0 Å². The third kappa shape index (κ3) is 4.59. The van der Waals surface area contributed by atoms with Crippen LogP contribution in [0.2, 0.25) is 0 Å². The van der Waals surface area contributed by atoms with Crippen LogP contribution in [0.25, 0.3) is 55.3 Å². The highest BCUT2D eigenvalue weighted by Gasteiger charge is 2.43. The number of aryl methyl sites for hydroxylation is 5. The molecule has 4 aliphatic rings. The van der Waals surface area contributed by atoms with Gasteiger partial charge >= 0.3 is 0 Å². The molecule has 4 heterocycles. The topological polar surface area (TPSA) is 34.0 Å². The van der Waals surface area contributed by atoms with Crippen molar-refractivity contribution in [1.82, 2.24) is 14.5 Å². The van der Waals surface area contributed by atoms with E-state index in [0.29, 0.717) is 0 Å². The van der Waals surface area contributed by atoms with Crippen molar-refractivity contribution in [3.05, 3.63) is 191 Å². The first kappa shape index (κ1) is 31.8. The summed E-state index contributed by atoms with van der Waals surface area (Å²) in [4.78, 5) is 11.9. The van der Waals surface area contributed by atoms with Gasteiger partial charge in [0.15, 0.2) is 0 Å². The van der Waals surface area contributed by atoms with Gasteiger partial charge in [0.2, 0.25) is 0 Å². The predicted octanol–water partition coefficient (Wildman–Crippen LogP) is 12.0. The molecule has 3 aliphatic carbocycles. The van der Waals surface area contributed by atoms with Gasteiger partial charge < -0.3 is 9.47 Å². The first-order chi connectivity index (χ1) is 27.6. The molecule has 56 heavy (non-hydrogen) atoms. The molecular formula is C52H40N4. The summed E-state index contributed by atoms with van der Waals surface area (Å²) in [6, 6.07) is 43.0. The maximum absolute atomic E-state index is 4.62. The molecule has 12 rings (SSSR count). The number of fused-ring (bicyclic) bond motifs is 8. The van der Waals surface area contributed by atoms with Gasteiger partial charge in [-0.2, -0.15) is 0 Å².